The summed E-state index contributed by atoms with van der Waals surface area (Å²) < 4.78 is 19.0. The molecule has 2 aliphatic heterocycles. The molecule has 11 heteroatoms. The van der Waals surface area contributed by atoms with Gasteiger partial charge < -0.3 is 15.0 Å². The molecule has 244 valence electrons. The summed E-state index contributed by atoms with van der Waals surface area (Å²) in [5.41, 5.74) is 5.39. The molecule has 0 radical (unpaired) electrons. The summed E-state index contributed by atoms with van der Waals surface area (Å²) in [7, 11) is 1.59. The smallest absolute Gasteiger partial charge is 0.237 e. The van der Waals surface area contributed by atoms with Crippen LogP contribution in [0.5, 0.6) is 0 Å². The number of anilines is 1. The normalized spacial score (nSPS) is 18.2. The fourth-order valence-corrected chi connectivity index (χ4v) is 6.65. The summed E-state index contributed by atoms with van der Waals surface area (Å²) in [4.78, 5) is 39.7. The van der Waals surface area contributed by atoms with Gasteiger partial charge in [0.25, 0.3) is 0 Å². The van der Waals surface area contributed by atoms with Gasteiger partial charge in [-0.15, -0.1) is 0 Å². The zero-order valence-electron chi connectivity index (χ0n) is 26.7. The van der Waals surface area contributed by atoms with Gasteiger partial charge in [-0.25, -0.2) is 14.4 Å². The molecule has 2 amide bonds. The lowest BCUT2D eigenvalue weighted by atomic mass is 9.87. The van der Waals surface area contributed by atoms with Crippen molar-refractivity contribution in [2.75, 3.05) is 51.8 Å². The number of benzene rings is 3. The number of halogens is 1. The highest BCUT2D eigenvalue weighted by molar-refractivity contribution is 6.00. The van der Waals surface area contributed by atoms with E-state index in [0.29, 0.717) is 49.8 Å². The Balaban J connectivity index is 0.974. The van der Waals surface area contributed by atoms with Crippen molar-refractivity contribution in [1.82, 2.24) is 30.0 Å². The number of hydrogen-bond donors (Lipinski definition) is 2. The Kier molecular flexibility index (Phi) is 8.79. The lowest BCUT2D eigenvalue weighted by Gasteiger charge is -2.30. The molecule has 2 aliphatic rings. The van der Waals surface area contributed by atoms with E-state index in [9.17, 15) is 14.0 Å². The van der Waals surface area contributed by atoms with Crippen LogP contribution in [0, 0.1) is 11.2 Å². The summed E-state index contributed by atoms with van der Waals surface area (Å²) in [5, 5.41) is 11.3. The maximum atomic E-state index is 13.8. The number of hydrogen-bond acceptors (Lipinski definition) is 7. The van der Waals surface area contributed by atoms with Crippen molar-refractivity contribution in [2.45, 2.75) is 12.8 Å². The van der Waals surface area contributed by atoms with Gasteiger partial charge in [-0.1, -0.05) is 30.3 Å². The number of likely N-dealkylation sites (tertiary alicyclic amines) is 1. The molecule has 2 N–H and O–H groups in total. The first-order valence-electron chi connectivity index (χ1n) is 16.0. The van der Waals surface area contributed by atoms with Crippen molar-refractivity contribution in [3.05, 3.63) is 103 Å². The molecular formula is C37H36FN7O3. The third-order valence-electron chi connectivity index (χ3n) is 9.27. The Morgan fingerprint density at radius 3 is 2.46 bits per heavy atom. The number of ether oxygens (including phenoxy) is 1. The van der Waals surface area contributed by atoms with Crippen LogP contribution in [-0.4, -0.2) is 88.2 Å². The number of amides is 2. The second-order valence-electron chi connectivity index (χ2n) is 12.4. The number of nitrogens with one attached hydrogen (secondary N) is 2. The zero-order valence-corrected chi connectivity index (χ0v) is 26.7. The molecular weight excluding hydrogens is 609 g/mol. The van der Waals surface area contributed by atoms with E-state index < -0.39 is 5.41 Å². The van der Waals surface area contributed by atoms with E-state index in [4.69, 9.17) is 4.74 Å². The minimum absolute atomic E-state index is 0.0502. The van der Waals surface area contributed by atoms with Crippen LogP contribution in [0.25, 0.3) is 39.1 Å². The van der Waals surface area contributed by atoms with E-state index >= 15 is 0 Å². The molecule has 1 unspecified atom stereocenters. The highest BCUT2D eigenvalue weighted by Gasteiger charge is 2.45. The van der Waals surface area contributed by atoms with Crippen molar-refractivity contribution < 1.29 is 18.7 Å². The second-order valence-corrected chi connectivity index (χ2v) is 12.4. The van der Waals surface area contributed by atoms with Crippen LogP contribution in [0.3, 0.4) is 0 Å². The van der Waals surface area contributed by atoms with Gasteiger partial charge in [-0.3, -0.25) is 19.6 Å². The maximum Gasteiger partial charge on any atom is 0.237 e. The predicted molar refractivity (Wildman–Crippen MR) is 182 cm³/mol. The predicted octanol–water partition coefficient (Wildman–Crippen LogP) is 5.42. The fraction of sp³-hybridized carbons (Fsp3) is 0.270. The number of H-pyrrole nitrogens is 1. The zero-order chi connectivity index (χ0) is 33.1. The average Bonchev–Trinajstić information content (AvgIpc) is 3.74. The largest absolute Gasteiger partial charge is 0.384 e. The highest BCUT2D eigenvalue weighted by Crippen LogP contribution is 2.34. The topological polar surface area (TPSA) is 116 Å². The second kappa shape index (κ2) is 13.5. The van der Waals surface area contributed by atoms with E-state index in [2.05, 4.69) is 48.6 Å². The van der Waals surface area contributed by atoms with Gasteiger partial charge in [0.05, 0.1) is 29.8 Å². The Hall–Kier alpha value is -5.26. The fourth-order valence-electron chi connectivity index (χ4n) is 6.65. The number of aromatic nitrogens is 4. The number of nitrogens with zero attached hydrogens (tertiary/aromatic N) is 5. The highest BCUT2D eigenvalue weighted by atomic mass is 19.1. The van der Waals surface area contributed by atoms with Gasteiger partial charge in [-0.2, -0.15) is 5.10 Å². The maximum absolute atomic E-state index is 13.8. The van der Waals surface area contributed by atoms with Crippen LogP contribution in [0.15, 0.2) is 91.3 Å². The Bertz CT molecular complexity index is 1960. The van der Waals surface area contributed by atoms with Gasteiger partial charge in [0.15, 0.2) is 5.82 Å². The van der Waals surface area contributed by atoms with Crippen LogP contribution >= 0.6 is 0 Å². The van der Waals surface area contributed by atoms with Crippen LogP contribution in [0.2, 0.25) is 0 Å². The number of carbonyl (C=O) groups is 2. The third kappa shape index (κ3) is 6.47. The first-order valence-corrected chi connectivity index (χ1v) is 16.0. The molecule has 2 aromatic heterocycles. The van der Waals surface area contributed by atoms with Crippen LogP contribution in [-0.2, 0) is 14.3 Å². The van der Waals surface area contributed by atoms with E-state index in [1.165, 1.54) is 17.7 Å². The molecule has 48 heavy (non-hydrogen) atoms. The van der Waals surface area contributed by atoms with E-state index in [-0.39, 0.29) is 30.8 Å². The van der Waals surface area contributed by atoms with Gasteiger partial charge in [0.2, 0.25) is 11.8 Å². The molecule has 4 heterocycles. The minimum Gasteiger partial charge on any atom is -0.384 e. The molecule has 10 nitrogen and oxygen atoms in total. The number of fused-ring (bicyclic) bond motifs is 1. The summed E-state index contributed by atoms with van der Waals surface area (Å²) in [5.74, 6) is 0.275. The number of aromatic amines is 1. The van der Waals surface area contributed by atoms with Crippen molar-refractivity contribution in [1.29, 1.82) is 0 Å². The molecule has 1 atom stereocenters. The van der Waals surface area contributed by atoms with Gasteiger partial charge in [0.1, 0.15) is 5.82 Å². The van der Waals surface area contributed by atoms with E-state index in [0.717, 1.165) is 34.0 Å². The SMILES string of the molecule is COCC1(C(=O)Nc2ccc3[nH]nc(-c4ccc(F)cc4)c3c2)CCN(CC(=O)N2CC=C(c3ccc(-c4ncccn4)cc3)CC2)C1. The molecule has 0 bridgehead atoms. The number of rotatable bonds is 9. The van der Waals surface area contributed by atoms with Crippen molar-refractivity contribution >= 4 is 34.0 Å². The molecule has 0 saturated carbocycles. The van der Waals surface area contributed by atoms with Crippen LogP contribution in [0.4, 0.5) is 10.1 Å². The number of methoxy groups -OCH3 is 1. The van der Waals surface area contributed by atoms with E-state index in [1.54, 1.807) is 37.7 Å². The molecule has 1 saturated heterocycles. The first kappa shape index (κ1) is 31.3. The average molecular weight is 646 g/mol. The monoisotopic (exact) mass is 645 g/mol. The first-order chi connectivity index (χ1) is 23.4. The summed E-state index contributed by atoms with van der Waals surface area (Å²) in [6.45, 7) is 2.71. The molecule has 3 aromatic carbocycles. The quantitative estimate of drug-likeness (QED) is 0.220. The Morgan fingerprint density at radius 1 is 0.979 bits per heavy atom. The van der Waals surface area contributed by atoms with Crippen LogP contribution < -0.4 is 5.32 Å². The minimum atomic E-state index is -0.800. The lowest BCUT2D eigenvalue weighted by molar-refractivity contribution is -0.133. The van der Waals surface area contributed by atoms with Crippen molar-refractivity contribution in [3.63, 3.8) is 0 Å². The van der Waals surface area contributed by atoms with E-state index in [1.807, 2.05) is 35.2 Å². The molecule has 5 aromatic rings. The Morgan fingerprint density at radius 2 is 1.73 bits per heavy atom. The summed E-state index contributed by atoms with van der Waals surface area (Å²) in [6.07, 6.45) is 6.93. The summed E-state index contributed by atoms with van der Waals surface area (Å²) >= 11 is 0. The van der Waals surface area contributed by atoms with Gasteiger partial charge in [-0.05, 0) is 79.1 Å². The lowest BCUT2D eigenvalue weighted by Crippen LogP contribution is -2.45. The number of carbonyl (C=O) groups excluding carboxylic acids is 2. The van der Waals surface area contributed by atoms with Crippen LogP contribution in [0.1, 0.15) is 18.4 Å². The third-order valence-corrected chi connectivity index (χ3v) is 9.27. The molecule has 7 rings (SSSR count). The van der Waals surface area contributed by atoms with Gasteiger partial charge in [0, 0.05) is 61.3 Å². The van der Waals surface area contributed by atoms with Crippen molar-refractivity contribution in [2.24, 2.45) is 5.41 Å². The van der Waals surface area contributed by atoms with Crippen molar-refractivity contribution in [3.8, 4) is 22.6 Å². The molecule has 0 spiro atoms. The summed E-state index contributed by atoms with van der Waals surface area (Å²) in [6, 6.07) is 21.7. The van der Waals surface area contributed by atoms with Gasteiger partial charge >= 0.3 is 0 Å². The Labute approximate surface area is 277 Å². The molecule has 1 fully saturated rings. The standard InChI is InChI=1S/C37H36FN7O3/c1-48-24-37(36(47)41-30-11-12-32-31(21-30)34(43-42-32)27-7-9-29(38)10-8-27)15-20-44(23-37)22-33(46)45-18-13-26(14-19-45)25-3-5-28(6-4-25)35-39-16-2-17-40-35/h2-13,16-17,21H,14-15,18-20,22-24H2,1H3,(H,41,47)(H,42,43). The molecule has 0 aliphatic carbocycles.